The van der Waals surface area contributed by atoms with Gasteiger partial charge in [0.05, 0.1) is 13.7 Å². The van der Waals surface area contributed by atoms with Gasteiger partial charge in [-0.2, -0.15) is 0 Å². The SMILES string of the molecule is COc1ccccc1OCCC(NC1CC1)C(=O)O. The Balaban J connectivity index is 1.82. The van der Waals surface area contributed by atoms with Crippen LogP contribution in [0.4, 0.5) is 0 Å². The number of carboxylic acids is 1. The number of rotatable bonds is 8. The summed E-state index contributed by atoms with van der Waals surface area (Å²) in [5, 5.41) is 12.2. The van der Waals surface area contributed by atoms with Crippen LogP contribution in [0.25, 0.3) is 0 Å². The van der Waals surface area contributed by atoms with Crippen LogP contribution in [0, 0.1) is 0 Å². The summed E-state index contributed by atoms with van der Waals surface area (Å²) in [5.74, 6) is 0.473. The van der Waals surface area contributed by atoms with E-state index in [1.165, 1.54) is 0 Å². The lowest BCUT2D eigenvalue weighted by atomic mass is 10.2. The van der Waals surface area contributed by atoms with Gasteiger partial charge in [0.25, 0.3) is 0 Å². The lowest BCUT2D eigenvalue weighted by molar-refractivity contribution is -0.139. The van der Waals surface area contributed by atoms with Crippen LogP contribution in [0.15, 0.2) is 24.3 Å². The third kappa shape index (κ3) is 4.13. The van der Waals surface area contributed by atoms with Crippen molar-refractivity contribution in [3.05, 3.63) is 24.3 Å². The van der Waals surface area contributed by atoms with E-state index in [0.717, 1.165) is 12.8 Å². The first-order chi connectivity index (χ1) is 9.20. The summed E-state index contributed by atoms with van der Waals surface area (Å²) in [6, 6.07) is 7.17. The Bertz CT molecular complexity index is 431. The Hall–Kier alpha value is -1.75. The van der Waals surface area contributed by atoms with Crippen molar-refractivity contribution in [1.82, 2.24) is 5.32 Å². The van der Waals surface area contributed by atoms with E-state index in [-0.39, 0.29) is 0 Å². The van der Waals surface area contributed by atoms with E-state index in [9.17, 15) is 4.79 Å². The molecule has 0 radical (unpaired) electrons. The van der Waals surface area contributed by atoms with Gasteiger partial charge in [-0.3, -0.25) is 4.79 Å². The maximum absolute atomic E-state index is 11.1. The molecule has 1 aromatic carbocycles. The molecule has 0 heterocycles. The normalized spacial score (nSPS) is 15.8. The summed E-state index contributed by atoms with van der Waals surface area (Å²) in [5.41, 5.74) is 0. The lowest BCUT2D eigenvalue weighted by Crippen LogP contribution is -2.39. The van der Waals surface area contributed by atoms with Gasteiger partial charge in [0.15, 0.2) is 11.5 Å². The second kappa shape index (κ2) is 6.43. The molecule has 0 spiro atoms. The summed E-state index contributed by atoms with van der Waals surface area (Å²) in [6.07, 6.45) is 2.57. The number of carboxylic acid groups (broad SMARTS) is 1. The number of methoxy groups -OCH3 is 1. The molecule has 1 unspecified atom stereocenters. The minimum atomic E-state index is -0.824. The van der Waals surface area contributed by atoms with Gasteiger partial charge in [-0.05, 0) is 25.0 Å². The molecule has 0 amide bonds. The Labute approximate surface area is 112 Å². The van der Waals surface area contributed by atoms with Crippen molar-refractivity contribution in [2.75, 3.05) is 13.7 Å². The van der Waals surface area contributed by atoms with Crippen LogP contribution in [0.3, 0.4) is 0 Å². The molecule has 1 atom stereocenters. The molecule has 0 saturated heterocycles. The minimum Gasteiger partial charge on any atom is -0.493 e. The molecule has 1 aliphatic carbocycles. The molecule has 1 aliphatic rings. The number of benzene rings is 1. The van der Waals surface area contributed by atoms with E-state index < -0.39 is 12.0 Å². The zero-order valence-corrected chi connectivity index (χ0v) is 11.0. The van der Waals surface area contributed by atoms with Crippen LogP contribution in [0.2, 0.25) is 0 Å². The van der Waals surface area contributed by atoms with E-state index in [1.54, 1.807) is 7.11 Å². The van der Waals surface area contributed by atoms with E-state index >= 15 is 0 Å². The number of nitrogens with one attached hydrogen (secondary N) is 1. The number of hydrogen-bond donors (Lipinski definition) is 2. The Morgan fingerprint density at radius 3 is 2.68 bits per heavy atom. The van der Waals surface area contributed by atoms with E-state index in [2.05, 4.69) is 5.32 Å². The number of ether oxygens (including phenoxy) is 2. The Kier molecular flexibility index (Phi) is 4.63. The van der Waals surface area contributed by atoms with Crippen LogP contribution in [-0.2, 0) is 4.79 Å². The van der Waals surface area contributed by atoms with Gasteiger partial charge in [-0.25, -0.2) is 0 Å². The van der Waals surface area contributed by atoms with Crippen LogP contribution in [0.5, 0.6) is 11.5 Å². The van der Waals surface area contributed by atoms with Crippen LogP contribution >= 0.6 is 0 Å². The van der Waals surface area contributed by atoms with Crippen LogP contribution in [-0.4, -0.2) is 36.9 Å². The monoisotopic (exact) mass is 265 g/mol. The van der Waals surface area contributed by atoms with Crippen LogP contribution < -0.4 is 14.8 Å². The fourth-order valence-electron chi connectivity index (χ4n) is 1.84. The fourth-order valence-corrected chi connectivity index (χ4v) is 1.84. The first kappa shape index (κ1) is 13.7. The second-order valence-electron chi connectivity index (χ2n) is 4.62. The van der Waals surface area contributed by atoms with Gasteiger partial charge in [-0.1, -0.05) is 12.1 Å². The highest BCUT2D eigenvalue weighted by molar-refractivity contribution is 5.73. The van der Waals surface area contributed by atoms with Crippen molar-refractivity contribution in [2.45, 2.75) is 31.3 Å². The average Bonchev–Trinajstić information content (AvgIpc) is 3.22. The molecular formula is C14H19NO4. The van der Waals surface area contributed by atoms with Crippen molar-refractivity contribution >= 4 is 5.97 Å². The third-order valence-corrected chi connectivity index (χ3v) is 3.05. The van der Waals surface area contributed by atoms with Crippen LogP contribution in [0.1, 0.15) is 19.3 Å². The van der Waals surface area contributed by atoms with Crippen molar-refractivity contribution in [3.8, 4) is 11.5 Å². The third-order valence-electron chi connectivity index (χ3n) is 3.05. The fraction of sp³-hybridized carbons (Fsp3) is 0.500. The molecule has 0 bridgehead atoms. The van der Waals surface area contributed by atoms with E-state index in [4.69, 9.17) is 14.6 Å². The van der Waals surface area contributed by atoms with Crippen molar-refractivity contribution in [3.63, 3.8) is 0 Å². The molecule has 5 heteroatoms. The molecule has 1 saturated carbocycles. The summed E-state index contributed by atoms with van der Waals surface area (Å²) in [4.78, 5) is 11.1. The molecule has 0 aliphatic heterocycles. The Morgan fingerprint density at radius 1 is 1.42 bits per heavy atom. The number of hydrogen-bond acceptors (Lipinski definition) is 4. The standard InChI is InChI=1S/C14H19NO4/c1-18-12-4-2-3-5-13(12)19-9-8-11(14(16)17)15-10-6-7-10/h2-5,10-11,15H,6-9H2,1H3,(H,16,17). The smallest absolute Gasteiger partial charge is 0.320 e. The number of carbonyl (C=O) groups is 1. The highest BCUT2D eigenvalue weighted by Gasteiger charge is 2.28. The maximum Gasteiger partial charge on any atom is 0.320 e. The van der Waals surface area contributed by atoms with Crippen molar-refractivity contribution in [1.29, 1.82) is 0 Å². The molecule has 104 valence electrons. The van der Waals surface area contributed by atoms with Gasteiger partial charge < -0.3 is 19.9 Å². The number of para-hydroxylation sites is 2. The van der Waals surface area contributed by atoms with Gasteiger partial charge in [0, 0.05) is 12.5 Å². The Morgan fingerprint density at radius 2 is 2.11 bits per heavy atom. The zero-order chi connectivity index (χ0) is 13.7. The molecule has 1 aromatic rings. The molecule has 0 aromatic heterocycles. The molecule has 2 N–H and O–H groups in total. The van der Waals surface area contributed by atoms with Crippen molar-refractivity contribution in [2.24, 2.45) is 0 Å². The largest absolute Gasteiger partial charge is 0.493 e. The summed E-state index contributed by atoms with van der Waals surface area (Å²) in [7, 11) is 1.58. The molecule has 19 heavy (non-hydrogen) atoms. The summed E-state index contributed by atoms with van der Waals surface area (Å²) >= 11 is 0. The van der Waals surface area contributed by atoms with Gasteiger partial charge >= 0.3 is 5.97 Å². The zero-order valence-electron chi connectivity index (χ0n) is 11.0. The molecule has 5 nitrogen and oxygen atoms in total. The molecule has 2 rings (SSSR count). The first-order valence-electron chi connectivity index (χ1n) is 6.45. The van der Waals surface area contributed by atoms with Crippen molar-refractivity contribution < 1.29 is 19.4 Å². The van der Waals surface area contributed by atoms with Gasteiger partial charge in [0.1, 0.15) is 6.04 Å². The lowest BCUT2D eigenvalue weighted by Gasteiger charge is -2.15. The predicted octanol–water partition coefficient (Wildman–Crippen LogP) is 1.67. The quantitative estimate of drug-likeness (QED) is 0.748. The maximum atomic E-state index is 11.1. The molecular weight excluding hydrogens is 246 g/mol. The minimum absolute atomic E-state index is 0.344. The van der Waals surface area contributed by atoms with E-state index in [1.807, 2.05) is 24.3 Å². The van der Waals surface area contributed by atoms with Gasteiger partial charge in [-0.15, -0.1) is 0 Å². The predicted molar refractivity (Wildman–Crippen MR) is 70.7 cm³/mol. The summed E-state index contributed by atoms with van der Waals surface area (Å²) < 4.78 is 10.8. The summed E-state index contributed by atoms with van der Waals surface area (Å²) in [6.45, 7) is 0.344. The molecule has 1 fully saturated rings. The topological polar surface area (TPSA) is 67.8 Å². The highest BCUT2D eigenvalue weighted by Crippen LogP contribution is 2.26. The first-order valence-corrected chi connectivity index (χ1v) is 6.45. The number of aliphatic carboxylic acids is 1. The average molecular weight is 265 g/mol. The second-order valence-corrected chi connectivity index (χ2v) is 4.62. The van der Waals surface area contributed by atoms with E-state index in [0.29, 0.717) is 30.6 Å². The van der Waals surface area contributed by atoms with Gasteiger partial charge in [0.2, 0.25) is 0 Å². The highest BCUT2D eigenvalue weighted by atomic mass is 16.5.